The van der Waals surface area contributed by atoms with Crippen LogP contribution in [0.5, 0.6) is 5.75 Å². The Bertz CT molecular complexity index is 642. The highest BCUT2D eigenvalue weighted by atomic mass is 79.9. The van der Waals surface area contributed by atoms with Crippen molar-refractivity contribution in [1.29, 1.82) is 0 Å². The van der Waals surface area contributed by atoms with E-state index >= 15 is 0 Å². The molecular formula is C16H16BrFN2O. The third-order valence-electron chi connectivity index (χ3n) is 3.73. The van der Waals surface area contributed by atoms with Crippen molar-refractivity contribution < 1.29 is 9.13 Å². The van der Waals surface area contributed by atoms with Crippen LogP contribution in [0.2, 0.25) is 0 Å². The van der Waals surface area contributed by atoms with Gasteiger partial charge in [-0.2, -0.15) is 0 Å². The van der Waals surface area contributed by atoms with Gasteiger partial charge in [0.15, 0.2) is 0 Å². The Labute approximate surface area is 131 Å². The van der Waals surface area contributed by atoms with Gasteiger partial charge in [0, 0.05) is 15.6 Å². The minimum Gasteiger partial charge on any atom is -0.493 e. The standard InChI is InChI=1S/C16H16BrFN2O/c17-12-7-2-8-13(18)14(12)15(20-19)11-6-1-4-10-5-3-9-21-16(10)11/h1-2,4,6-8,15,20H,3,5,9,19H2. The van der Waals surface area contributed by atoms with Gasteiger partial charge >= 0.3 is 0 Å². The van der Waals surface area contributed by atoms with Gasteiger partial charge in [-0.05, 0) is 30.5 Å². The van der Waals surface area contributed by atoms with Crippen molar-refractivity contribution in [2.24, 2.45) is 5.84 Å². The normalized spacial score (nSPS) is 15.2. The van der Waals surface area contributed by atoms with E-state index in [0.29, 0.717) is 16.6 Å². The molecule has 0 aromatic heterocycles. The summed E-state index contributed by atoms with van der Waals surface area (Å²) in [4.78, 5) is 0. The van der Waals surface area contributed by atoms with Gasteiger partial charge in [0.2, 0.25) is 0 Å². The maximum atomic E-state index is 14.2. The number of benzene rings is 2. The maximum absolute atomic E-state index is 14.2. The average molecular weight is 351 g/mol. The molecule has 21 heavy (non-hydrogen) atoms. The molecule has 1 atom stereocenters. The van der Waals surface area contributed by atoms with Gasteiger partial charge in [-0.1, -0.05) is 40.2 Å². The molecule has 0 radical (unpaired) electrons. The van der Waals surface area contributed by atoms with Crippen LogP contribution in [0.4, 0.5) is 4.39 Å². The van der Waals surface area contributed by atoms with E-state index in [-0.39, 0.29) is 5.82 Å². The molecular weight excluding hydrogens is 335 g/mol. The summed E-state index contributed by atoms with van der Waals surface area (Å²) in [6, 6.07) is 10.4. The van der Waals surface area contributed by atoms with Crippen LogP contribution in [-0.2, 0) is 6.42 Å². The number of para-hydroxylation sites is 1. The smallest absolute Gasteiger partial charge is 0.129 e. The Hall–Kier alpha value is -1.43. The third-order valence-corrected chi connectivity index (χ3v) is 4.42. The average Bonchev–Trinajstić information content (AvgIpc) is 2.51. The highest BCUT2D eigenvalue weighted by Crippen LogP contribution is 2.38. The summed E-state index contributed by atoms with van der Waals surface area (Å²) >= 11 is 3.41. The predicted molar refractivity (Wildman–Crippen MR) is 83.5 cm³/mol. The predicted octanol–water partition coefficient (Wildman–Crippen LogP) is 3.47. The third kappa shape index (κ3) is 2.69. The number of rotatable bonds is 3. The summed E-state index contributed by atoms with van der Waals surface area (Å²) in [5.74, 6) is 6.23. The summed E-state index contributed by atoms with van der Waals surface area (Å²) in [6.07, 6.45) is 1.97. The molecule has 0 saturated heterocycles. The van der Waals surface area contributed by atoms with Gasteiger partial charge in [0.25, 0.3) is 0 Å². The zero-order valence-corrected chi connectivity index (χ0v) is 13.0. The highest BCUT2D eigenvalue weighted by Gasteiger charge is 2.25. The second-order valence-electron chi connectivity index (χ2n) is 5.02. The van der Waals surface area contributed by atoms with Crippen LogP contribution >= 0.6 is 15.9 Å². The molecule has 0 aliphatic carbocycles. The van der Waals surface area contributed by atoms with E-state index in [1.54, 1.807) is 12.1 Å². The lowest BCUT2D eigenvalue weighted by molar-refractivity contribution is 0.283. The number of nitrogens with one attached hydrogen (secondary N) is 1. The van der Waals surface area contributed by atoms with Crippen molar-refractivity contribution in [3.05, 3.63) is 63.4 Å². The van der Waals surface area contributed by atoms with Crippen molar-refractivity contribution in [3.63, 3.8) is 0 Å². The molecule has 0 fully saturated rings. The Kier molecular flexibility index (Phi) is 4.24. The van der Waals surface area contributed by atoms with E-state index in [1.165, 1.54) is 6.07 Å². The van der Waals surface area contributed by atoms with Crippen LogP contribution in [-0.4, -0.2) is 6.61 Å². The number of hydrogen-bond acceptors (Lipinski definition) is 3. The van der Waals surface area contributed by atoms with Gasteiger partial charge in [-0.25, -0.2) is 9.82 Å². The second-order valence-corrected chi connectivity index (χ2v) is 5.88. The zero-order valence-electron chi connectivity index (χ0n) is 11.4. The van der Waals surface area contributed by atoms with Crippen molar-refractivity contribution in [2.75, 3.05) is 6.61 Å². The van der Waals surface area contributed by atoms with E-state index in [0.717, 1.165) is 29.7 Å². The molecule has 3 N–H and O–H groups in total. The molecule has 3 nitrogen and oxygen atoms in total. The minimum absolute atomic E-state index is 0.305. The molecule has 1 unspecified atom stereocenters. The molecule has 5 heteroatoms. The molecule has 0 amide bonds. The van der Waals surface area contributed by atoms with Crippen LogP contribution in [0, 0.1) is 5.82 Å². The quantitative estimate of drug-likeness (QED) is 0.658. The van der Waals surface area contributed by atoms with E-state index in [1.807, 2.05) is 18.2 Å². The van der Waals surface area contributed by atoms with Crippen molar-refractivity contribution >= 4 is 15.9 Å². The molecule has 0 bridgehead atoms. The first-order chi connectivity index (χ1) is 10.2. The summed E-state index contributed by atoms with van der Waals surface area (Å²) in [5.41, 5.74) is 5.21. The Morgan fingerprint density at radius 3 is 2.81 bits per heavy atom. The first-order valence-corrected chi connectivity index (χ1v) is 7.66. The summed E-state index contributed by atoms with van der Waals surface area (Å²) in [7, 11) is 0. The highest BCUT2D eigenvalue weighted by molar-refractivity contribution is 9.10. The van der Waals surface area contributed by atoms with Crippen LogP contribution in [0.15, 0.2) is 40.9 Å². The Morgan fingerprint density at radius 1 is 1.24 bits per heavy atom. The van der Waals surface area contributed by atoms with E-state index in [4.69, 9.17) is 10.6 Å². The monoisotopic (exact) mass is 350 g/mol. The number of nitrogens with two attached hydrogens (primary N) is 1. The molecule has 3 rings (SSSR count). The van der Waals surface area contributed by atoms with Gasteiger partial charge in [-0.15, -0.1) is 0 Å². The molecule has 2 aromatic rings. The van der Waals surface area contributed by atoms with E-state index in [9.17, 15) is 4.39 Å². The Morgan fingerprint density at radius 2 is 2.05 bits per heavy atom. The summed E-state index contributed by atoms with van der Waals surface area (Å²) in [6.45, 7) is 0.680. The van der Waals surface area contributed by atoms with Gasteiger partial charge in [0.05, 0.1) is 12.6 Å². The number of ether oxygens (including phenoxy) is 1. The second kappa shape index (κ2) is 6.13. The van der Waals surface area contributed by atoms with Crippen molar-refractivity contribution in [1.82, 2.24) is 5.43 Å². The molecule has 1 heterocycles. The number of halogens is 2. The minimum atomic E-state index is -0.464. The first-order valence-electron chi connectivity index (χ1n) is 6.87. The lowest BCUT2D eigenvalue weighted by Gasteiger charge is -2.26. The first kappa shape index (κ1) is 14.5. The van der Waals surface area contributed by atoms with Crippen LogP contribution in [0.3, 0.4) is 0 Å². The topological polar surface area (TPSA) is 47.3 Å². The fraction of sp³-hybridized carbons (Fsp3) is 0.250. The lowest BCUT2D eigenvalue weighted by atomic mass is 9.94. The molecule has 0 spiro atoms. The van der Waals surface area contributed by atoms with Crippen LogP contribution in [0.25, 0.3) is 0 Å². The van der Waals surface area contributed by atoms with Gasteiger partial charge < -0.3 is 4.74 Å². The SMILES string of the molecule is NNC(c1cccc2c1OCCC2)c1c(F)cccc1Br. The summed E-state index contributed by atoms with van der Waals surface area (Å²) < 4.78 is 20.7. The lowest BCUT2D eigenvalue weighted by Crippen LogP contribution is -2.30. The fourth-order valence-corrected chi connectivity index (χ4v) is 3.33. The van der Waals surface area contributed by atoms with Crippen LogP contribution in [0.1, 0.15) is 29.2 Å². The van der Waals surface area contributed by atoms with Crippen molar-refractivity contribution in [3.8, 4) is 5.75 Å². The number of aryl methyl sites for hydroxylation is 1. The molecule has 2 aromatic carbocycles. The Balaban J connectivity index is 2.13. The molecule has 110 valence electrons. The molecule has 1 aliphatic rings. The van der Waals surface area contributed by atoms with Gasteiger partial charge in [-0.3, -0.25) is 5.84 Å². The van der Waals surface area contributed by atoms with E-state index < -0.39 is 6.04 Å². The maximum Gasteiger partial charge on any atom is 0.129 e. The van der Waals surface area contributed by atoms with E-state index in [2.05, 4.69) is 21.4 Å². The van der Waals surface area contributed by atoms with Crippen molar-refractivity contribution in [2.45, 2.75) is 18.9 Å². The number of fused-ring (bicyclic) bond motifs is 1. The summed E-state index contributed by atoms with van der Waals surface area (Å²) in [5, 5.41) is 0. The zero-order chi connectivity index (χ0) is 14.8. The fourth-order valence-electron chi connectivity index (χ4n) is 2.76. The number of hydrogen-bond donors (Lipinski definition) is 2. The molecule has 0 saturated carbocycles. The largest absolute Gasteiger partial charge is 0.493 e. The molecule has 1 aliphatic heterocycles. The van der Waals surface area contributed by atoms with Crippen LogP contribution < -0.4 is 16.0 Å². The van der Waals surface area contributed by atoms with Gasteiger partial charge in [0.1, 0.15) is 11.6 Å². The number of hydrazine groups is 1.